The van der Waals surface area contributed by atoms with E-state index in [0.717, 1.165) is 12.0 Å². The molecule has 1 heterocycles. The number of ether oxygens (including phenoxy) is 2. The standard InChI is InChI=1S/C24H31N3O6S/c1-3-25-23(28)17-33-21-13-12-18(15-22(21)32-2)16-26-24(29)20-11-7-8-14-27(20)34(30,31)19-9-5-4-6-10-19/h4-6,9-10,12-13,15,20H,3,7-8,11,14,16-17H2,1-2H3,(H,25,28)(H,26,29). The van der Waals surface area contributed by atoms with Crippen LogP contribution in [0, 0.1) is 0 Å². The molecule has 2 aromatic rings. The SMILES string of the molecule is CCNC(=O)COc1ccc(CNC(=O)C2CCCCN2S(=O)(=O)c2ccccc2)cc1OC. The van der Waals surface area contributed by atoms with Crippen molar-refractivity contribution in [2.24, 2.45) is 0 Å². The van der Waals surface area contributed by atoms with E-state index in [1.54, 1.807) is 48.5 Å². The fourth-order valence-electron chi connectivity index (χ4n) is 3.82. The number of amides is 2. The van der Waals surface area contributed by atoms with Crippen molar-refractivity contribution in [2.45, 2.75) is 43.7 Å². The fourth-order valence-corrected chi connectivity index (χ4v) is 5.50. The van der Waals surface area contributed by atoms with Crippen LogP contribution in [0.5, 0.6) is 11.5 Å². The number of carbonyl (C=O) groups excluding carboxylic acids is 2. The van der Waals surface area contributed by atoms with E-state index in [4.69, 9.17) is 9.47 Å². The summed E-state index contributed by atoms with van der Waals surface area (Å²) in [5.74, 6) is 0.274. The zero-order chi connectivity index (χ0) is 24.6. The van der Waals surface area contributed by atoms with E-state index in [-0.39, 0.29) is 29.9 Å². The minimum Gasteiger partial charge on any atom is -0.493 e. The molecule has 1 atom stereocenters. The Morgan fingerprint density at radius 2 is 1.82 bits per heavy atom. The van der Waals surface area contributed by atoms with Gasteiger partial charge in [-0.2, -0.15) is 4.31 Å². The lowest BCUT2D eigenvalue weighted by molar-refractivity contribution is -0.126. The number of nitrogens with one attached hydrogen (secondary N) is 2. The van der Waals surface area contributed by atoms with Gasteiger partial charge in [0.1, 0.15) is 6.04 Å². The van der Waals surface area contributed by atoms with Crippen molar-refractivity contribution in [2.75, 3.05) is 26.8 Å². The lowest BCUT2D eigenvalue weighted by atomic mass is 10.0. The molecule has 1 aliphatic rings. The molecule has 0 aromatic heterocycles. The summed E-state index contributed by atoms with van der Waals surface area (Å²) in [5, 5.41) is 5.51. The summed E-state index contributed by atoms with van der Waals surface area (Å²) in [6.45, 7) is 2.71. The van der Waals surface area contributed by atoms with Crippen LogP contribution in [0.3, 0.4) is 0 Å². The highest BCUT2D eigenvalue weighted by molar-refractivity contribution is 7.89. The smallest absolute Gasteiger partial charge is 0.257 e. The van der Waals surface area contributed by atoms with Crippen molar-refractivity contribution in [3.05, 3.63) is 54.1 Å². The van der Waals surface area contributed by atoms with Crippen LogP contribution in [0.1, 0.15) is 31.7 Å². The van der Waals surface area contributed by atoms with Crippen molar-refractivity contribution in [3.63, 3.8) is 0 Å². The summed E-state index contributed by atoms with van der Waals surface area (Å²) in [6.07, 6.45) is 1.96. The Morgan fingerprint density at radius 3 is 2.53 bits per heavy atom. The van der Waals surface area contributed by atoms with Crippen LogP contribution < -0.4 is 20.1 Å². The van der Waals surface area contributed by atoms with Crippen LogP contribution >= 0.6 is 0 Å². The van der Waals surface area contributed by atoms with Gasteiger partial charge in [0.2, 0.25) is 15.9 Å². The third-order valence-electron chi connectivity index (χ3n) is 5.53. The lowest BCUT2D eigenvalue weighted by Gasteiger charge is -2.33. The summed E-state index contributed by atoms with van der Waals surface area (Å²) < 4.78 is 38.4. The Morgan fingerprint density at radius 1 is 1.06 bits per heavy atom. The number of benzene rings is 2. The second-order valence-corrected chi connectivity index (χ2v) is 9.78. The number of piperidine rings is 1. The number of hydrogen-bond donors (Lipinski definition) is 2. The van der Waals surface area contributed by atoms with E-state index >= 15 is 0 Å². The molecule has 2 N–H and O–H groups in total. The molecule has 1 saturated heterocycles. The molecule has 2 aromatic carbocycles. The Bertz CT molecular complexity index is 1090. The summed E-state index contributed by atoms with van der Waals surface area (Å²) in [6, 6.07) is 12.6. The average Bonchev–Trinajstić information content (AvgIpc) is 2.87. The van der Waals surface area contributed by atoms with Crippen LogP contribution in [0.15, 0.2) is 53.4 Å². The molecule has 10 heteroatoms. The zero-order valence-corrected chi connectivity index (χ0v) is 20.3. The van der Waals surface area contributed by atoms with Crippen molar-refractivity contribution in [1.29, 1.82) is 0 Å². The maximum Gasteiger partial charge on any atom is 0.257 e. The number of hydrogen-bond acceptors (Lipinski definition) is 6. The molecule has 3 rings (SSSR count). The van der Waals surface area contributed by atoms with Gasteiger partial charge in [-0.25, -0.2) is 8.42 Å². The first kappa shape index (κ1) is 25.5. The molecule has 34 heavy (non-hydrogen) atoms. The molecule has 0 radical (unpaired) electrons. The van der Waals surface area contributed by atoms with Gasteiger partial charge in [0, 0.05) is 19.6 Å². The number of rotatable bonds is 10. The Balaban J connectivity index is 1.66. The van der Waals surface area contributed by atoms with Crippen LogP contribution in [0.4, 0.5) is 0 Å². The van der Waals surface area contributed by atoms with E-state index in [2.05, 4.69) is 10.6 Å². The summed E-state index contributed by atoms with van der Waals surface area (Å²) in [4.78, 5) is 24.8. The maximum absolute atomic E-state index is 13.1. The van der Waals surface area contributed by atoms with Gasteiger partial charge in [0.05, 0.1) is 12.0 Å². The van der Waals surface area contributed by atoms with E-state index in [1.165, 1.54) is 11.4 Å². The molecule has 0 aliphatic carbocycles. The van der Waals surface area contributed by atoms with Crippen LogP contribution in [0.25, 0.3) is 0 Å². The van der Waals surface area contributed by atoms with Gasteiger partial charge in [-0.05, 0) is 49.6 Å². The number of methoxy groups -OCH3 is 1. The molecule has 1 unspecified atom stereocenters. The molecule has 1 fully saturated rings. The molecular formula is C24H31N3O6S. The summed E-state index contributed by atoms with van der Waals surface area (Å²) >= 11 is 0. The van der Waals surface area contributed by atoms with Gasteiger partial charge in [0.15, 0.2) is 18.1 Å². The van der Waals surface area contributed by atoms with Gasteiger partial charge in [-0.1, -0.05) is 30.7 Å². The average molecular weight is 490 g/mol. The number of carbonyl (C=O) groups is 2. The Labute approximate surface area is 200 Å². The zero-order valence-electron chi connectivity index (χ0n) is 19.5. The van der Waals surface area contributed by atoms with Gasteiger partial charge >= 0.3 is 0 Å². The van der Waals surface area contributed by atoms with E-state index in [9.17, 15) is 18.0 Å². The Hall–Kier alpha value is -3.11. The monoisotopic (exact) mass is 489 g/mol. The van der Waals surface area contributed by atoms with Crippen molar-refractivity contribution in [1.82, 2.24) is 14.9 Å². The predicted molar refractivity (Wildman–Crippen MR) is 127 cm³/mol. The van der Waals surface area contributed by atoms with Gasteiger partial charge < -0.3 is 20.1 Å². The third-order valence-corrected chi connectivity index (χ3v) is 7.46. The van der Waals surface area contributed by atoms with Gasteiger partial charge in [-0.15, -0.1) is 0 Å². The molecule has 0 bridgehead atoms. The van der Waals surface area contributed by atoms with Crippen molar-refractivity contribution in [3.8, 4) is 11.5 Å². The second kappa shape index (κ2) is 11.8. The molecule has 2 amide bonds. The number of sulfonamides is 1. The second-order valence-electron chi connectivity index (χ2n) is 7.89. The number of nitrogens with zero attached hydrogens (tertiary/aromatic N) is 1. The molecule has 184 valence electrons. The third kappa shape index (κ3) is 6.27. The van der Waals surface area contributed by atoms with Gasteiger partial charge in [-0.3, -0.25) is 9.59 Å². The van der Waals surface area contributed by atoms with Crippen LogP contribution in [-0.2, 0) is 26.2 Å². The molecule has 0 spiro atoms. The minimum absolute atomic E-state index is 0.131. The van der Waals surface area contributed by atoms with Gasteiger partial charge in [0.25, 0.3) is 5.91 Å². The van der Waals surface area contributed by atoms with E-state index in [1.807, 2.05) is 6.92 Å². The number of likely N-dealkylation sites (N-methyl/N-ethyl adjacent to an activating group) is 1. The topological polar surface area (TPSA) is 114 Å². The highest BCUT2D eigenvalue weighted by atomic mass is 32.2. The van der Waals surface area contributed by atoms with E-state index in [0.29, 0.717) is 37.4 Å². The Kier molecular flexibility index (Phi) is 8.89. The van der Waals surface area contributed by atoms with Crippen molar-refractivity contribution >= 4 is 21.8 Å². The normalized spacial score (nSPS) is 16.5. The first-order valence-electron chi connectivity index (χ1n) is 11.3. The quantitative estimate of drug-likeness (QED) is 0.528. The van der Waals surface area contributed by atoms with Crippen LogP contribution in [-0.4, -0.2) is 57.4 Å². The summed E-state index contributed by atoms with van der Waals surface area (Å²) in [7, 11) is -2.28. The highest BCUT2D eigenvalue weighted by Gasteiger charge is 2.37. The maximum atomic E-state index is 13.1. The summed E-state index contributed by atoms with van der Waals surface area (Å²) in [5.41, 5.74) is 0.754. The molecule has 0 saturated carbocycles. The highest BCUT2D eigenvalue weighted by Crippen LogP contribution is 2.29. The molecule has 1 aliphatic heterocycles. The molecular weight excluding hydrogens is 458 g/mol. The van der Waals surface area contributed by atoms with Crippen LogP contribution in [0.2, 0.25) is 0 Å². The van der Waals surface area contributed by atoms with E-state index < -0.39 is 16.1 Å². The fraction of sp³-hybridized carbons (Fsp3) is 0.417. The predicted octanol–water partition coefficient (Wildman–Crippen LogP) is 2.07. The van der Waals surface area contributed by atoms with Crippen molar-refractivity contribution < 1.29 is 27.5 Å². The minimum atomic E-state index is -3.77. The lowest BCUT2D eigenvalue weighted by Crippen LogP contribution is -2.51. The molecule has 9 nitrogen and oxygen atoms in total. The first-order chi connectivity index (χ1) is 16.4. The first-order valence-corrected chi connectivity index (χ1v) is 12.7. The largest absolute Gasteiger partial charge is 0.493 e.